The number of methoxy groups -OCH3 is 3. The van der Waals surface area contributed by atoms with Crippen LogP contribution in [-0.4, -0.2) is 27.2 Å². The quantitative estimate of drug-likeness (QED) is 0.840. The number of hydrogen-bond donors (Lipinski definition) is 1. The molecule has 0 saturated heterocycles. The van der Waals surface area contributed by atoms with Crippen molar-refractivity contribution in [1.29, 1.82) is 0 Å². The molecule has 1 atom stereocenters. The summed E-state index contributed by atoms with van der Waals surface area (Å²) in [6.07, 6.45) is 0. The summed E-state index contributed by atoms with van der Waals surface area (Å²) in [6.45, 7) is 6.28. The van der Waals surface area contributed by atoms with Gasteiger partial charge in [0.05, 0.1) is 32.9 Å². The van der Waals surface area contributed by atoms with Crippen molar-refractivity contribution >= 4 is 5.91 Å². The molecule has 2 aromatic carbocycles. The summed E-state index contributed by atoms with van der Waals surface area (Å²) in [5.41, 5.74) is 1.28. The maximum Gasteiger partial charge on any atom is 0.255 e. The zero-order valence-corrected chi connectivity index (χ0v) is 16.3. The second kappa shape index (κ2) is 8.13. The smallest absolute Gasteiger partial charge is 0.255 e. The third kappa shape index (κ3) is 4.28. The first-order chi connectivity index (χ1) is 12.3. The molecule has 0 aliphatic carbocycles. The average Bonchev–Trinajstić information content (AvgIpc) is 2.64. The molecular weight excluding hydrogens is 330 g/mol. The number of carbonyl (C=O) groups excluding carboxylic acids is 1. The third-order valence-corrected chi connectivity index (χ3v) is 4.22. The first-order valence-electron chi connectivity index (χ1n) is 8.47. The Bertz CT molecular complexity index is 751. The fourth-order valence-corrected chi connectivity index (χ4v) is 2.86. The average molecular weight is 357 g/mol. The van der Waals surface area contributed by atoms with Gasteiger partial charge in [-0.3, -0.25) is 4.79 Å². The molecule has 0 heterocycles. The van der Waals surface area contributed by atoms with E-state index in [2.05, 4.69) is 26.1 Å². The Morgan fingerprint density at radius 2 is 1.42 bits per heavy atom. The zero-order valence-electron chi connectivity index (χ0n) is 16.3. The van der Waals surface area contributed by atoms with Crippen LogP contribution in [-0.2, 0) is 0 Å². The molecule has 5 nitrogen and oxygen atoms in total. The number of amides is 1. The van der Waals surface area contributed by atoms with Crippen LogP contribution < -0.4 is 19.5 Å². The Kier molecular flexibility index (Phi) is 6.14. The highest BCUT2D eigenvalue weighted by atomic mass is 16.5. The summed E-state index contributed by atoms with van der Waals surface area (Å²) in [5, 5.41) is 3.14. The first-order valence-corrected chi connectivity index (χ1v) is 8.47. The molecule has 1 unspecified atom stereocenters. The predicted octanol–water partition coefficient (Wildman–Crippen LogP) is 4.23. The van der Waals surface area contributed by atoms with Crippen LogP contribution in [0.2, 0.25) is 0 Å². The van der Waals surface area contributed by atoms with Gasteiger partial charge >= 0.3 is 0 Å². The lowest BCUT2D eigenvalue weighted by Crippen LogP contribution is -2.36. The van der Waals surface area contributed by atoms with Crippen LogP contribution in [0.5, 0.6) is 17.2 Å². The Labute approximate surface area is 155 Å². The van der Waals surface area contributed by atoms with Crippen LogP contribution in [0.3, 0.4) is 0 Å². The van der Waals surface area contributed by atoms with Gasteiger partial charge in [-0.25, -0.2) is 0 Å². The van der Waals surface area contributed by atoms with Crippen LogP contribution in [0.1, 0.15) is 42.7 Å². The van der Waals surface area contributed by atoms with Crippen molar-refractivity contribution in [2.75, 3.05) is 21.3 Å². The lowest BCUT2D eigenvalue weighted by molar-refractivity contribution is 0.0898. The predicted molar refractivity (Wildman–Crippen MR) is 102 cm³/mol. The number of nitrogens with one attached hydrogen (secondary N) is 1. The second-order valence-electron chi connectivity index (χ2n) is 7.09. The van der Waals surface area contributed by atoms with E-state index in [0.29, 0.717) is 22.8 Å². The van der Waals surface area contributed by atoms with Gasteiger partial charge in [0.2, 0.25) is 0 Å². The topological polar surface area (TPSA) is 56.8 Å². The Balaban J connectivity index is 2.41. The molecule has 2 rings (SSSR count). The third-order valence-electron chi connectivity index (χ3n) is 4.22. The Morgan fingerprint density at radius 1 is 0.885 bits per heavy atom. The van der Waals surface area contributed by atoms with Crippen LogP contribution >= 0.6 is 0 Å². The molecular formula is C21H27NO4. The standard InChI is InChI=1S/C21H27NO4/c1-21(2,3)19(14-10-8-7-9-11-14)22-20(23)15-12-17(25-5)18(26-6)13-16(15)24-4/h7-13,19H,1-6H3,(H,22,23). The monoisotopic (exact) mass is 357 g/mol. The van der Waals surface area contributed by atoms with Gasteiger partial charge in [-0.1, -0.05) is 51.1 Å². The SMILES string of the molecule is COc1cc(OC)c(C(=O)NC(c2ccccc2)C(C)(C)C)cc1OC. The molecule has 5 heteroatoms. The second-order valence-corrected chi connectivity index (χ2v) is 7.09. The fraction of sp³-hybridized carbons (Fsp3) is 0.381. The van der Waals surface area contributed by atoms with Crippen LogP contribution in [0.15, 0.2) is 42.5 Å². The van der Waals surface area contributed by atoms with Crippen LogP contribution in [0.4, 0.5) is 0 Å². The summed E-state index contributed by atoms with van der Waals surface area (Å²) >= 11 is 0. The summed E-state index contributed by atoms with van der Waals surface area (Å²) < 4.78 is 16.0. The molecule has 0 fully saturated rings. The number of carbonyl (C=O) groups is 1. The summed E-state index contributed by atoms with van der Waals surface area (Å²) in [5.74, 6) is 1.19. The minimum Gasteiger partial charge on any atom is -0.496 e. The number of hydrogen-bond acceptors (Lipinski definition) is 4. The number of ether oxygens (including phenoxy) is 3. The van der Waals surface area contributed by atoms with E-state index in [0.717, 1.165) is 5.56 Å². The van der Waals surface area contributed by atoms with Gasteiger partial charge in [0.1, 0.15) is 5.75 Å². The van der Waals surface area contributed by atoms with E-state index in [1.165, 1.54) is 14.2 Å². The van der Waals surface area contributed by atoms with E-state index < -0.39 is 0 Å². The van der Waals surface area contributed by atoms with Gasteiger partial charge < -0.3 is 19.5 Å². The molecule has 26 heavy (non-hydrogen) atoms. The summed E-state index contributed by atoms with van der Waals surface area (Å²) in [6, 6.07) is 13.1. The van der Waals surface area contributed by atoms with E-state index in [-0.39, 0.29) is 17.4 Å². The van der Waals surface area contributed by atoms with Gasteiger partial charge in [-0.05, 0) is 11.0 Å². The molecule has 1 amide bonds. The largest absolute Gasteiger partial charge is 0.496 e. The summed E-state index contributed by atoms with van der Waals surface area (Å²) in [7, 11) is 4.60. The lowest BCUT2D eigenvalue weighted by Gasteiger charge is -2.32. The minimum absolute atomic E-state index is 0.158. The number of benzene rings is 2. The normalized spacial score (nSPS) is 12.2. The van der Waals surface area contributed by atoms with E-state index in [1.807, 2.05) is 30.3 Å². The van der Waals surface area contributed by atoms with Crippen molar-refractivity contribution in [3.63, 3.8) is 0 Å². The molecule has 0 saturated carbocycles. The van der Waals surface area contributed by atoms with E-state index in [9.17, 15) is 4.79 Å². The highest BCUT2D eigenvalue weighted by molar-refractivity contribution is 5.98. The number of rotatable bonds is 6. The Hall–Kier alpha value is -2.69. The van der Waals surface area contributed by atoms with E-state index in [1.54, 1.807) is 19.2 Å². The van der Waals surface area contributed by atoms with Crippen molar-refractivity contribution < 1.29 is 19.0 Å². The zero-order chi connectivity index (χ0) is 19.3. The molecule has 0 aliphatic heterocycles. The molecule has 140 valence electrons. The highest BCUT2D eigenvalue weighted by Crippen LogP contribution is 2.36. The van der Waals surface area contributed by atoms with Crippen molar-refractivity contribution in [1.82, 2.24) is 5.32 Å². The van der Waals surface area contributed by atoms with Gasteiger partial charge in [-0.2, -0.15) is 0 Å². The van der Waals surface area contributed by atoms with Crippen molar-refractivity contribution in [2.45, 2.75) is 26.8 Å². The summed E-state index contributed by atoms with van der Waals surface area (Å²) in [4.78, 5) is 13.0. The molecule has 1 N–H and O–H groups in total. The maximum absolute atomic E-state index is 13.0. The minimum atomic E-state index is -0.230. The van der Waals surface area contributed by atoms with E-state index in [4.69, 9.17) is 14.2 Å². The van der Waals surface area contributed by atoms with Gasteiger partial charge in [-0.15, -0.1) is 0 Å². The highest BCUT2D eigenvalue weighted by Gasteiger charge is 2.29. The van der Waals surface area contributed by atoms with Crippen LogP contribution in [0, 0.1) is 5.41 Å². The molecule has 0 radical (unpaired) electrons. The molecule has 0 bridgehead atoms. The van der Waals surface area contributed by atoms with Gasteiger partial charge in [0, 0.05) is 12.1 Å². The van der Waals surface area contributed by atoms with Crippen molar-refractivity contribution in [3.8, 4) is 17.2 Å². The molecule has 2 aromatic rings. The Morgan fingerprint density at radius 3 is 1.92 bits per heavy atom. The molecule has 0 aliphatic rings. The fourth-order valence-electron chi connectivity index (χ4n) is 2.86. The van der Waals surface area contributed by atoms with Crippen molar-refractivity contribution in [2.24, 2.45) is 5.41 Å². The maximum atomic E-state index is 13.0. The lowest BCUT2D eigenvalue weighted by atomic mass is 9.82. The first kappa shape index (κ1) is 19.6. The van der Waals surface area contributed by atoms with Gasteiger partial charge in [0.25, 0.3) is 5.91 Å². The van der Waals surface area contributed by atoms with Crippen molar-refractivity contribution in [3.05, 3.63) is 53.6 Å². The molecule has 0 spiro atoms. The molecule has 0 aromatic heterocycles. The van der Waals surface area contributed by atoms with Crippen LogP contribution in [0.25, 0.3) is 0 Å². The van der Waals surface area contributed by atoms with E-state index >= 15 is 0 Å². The van der Waals surface area contributed by atoms with Gasteiger partial charge in [0.15, 0.2) is 11.5 Å².